The van der Waals surface area contributed by atoms with Crippen LogP contribution >= 0.6 is 0 Å². The second kappa shape index (κ2) is 9.27. The van der Waals surface area contributed by atoms with Gasteiger partial charge in [-0.05, 0) is 41.5 Å². The summed E-state index contributed by atoms with van der Waals surface area (Å²) in [6.45, 7) is 0.236. The van der Waals surface area contributed by atoms with Crippen LogP contribution in [0.25, 0.3) is 0 Å². The summed E-state index contributed by atoms with van der Waals surface area (Å²) in [5, 5.41) is 5.31. The van der Waals surface area contributed by atoms with Gasteiger partial charge in [0.25, 0.3) is 11.8 Å². The van der Waals surface area contributed by atoms with Gasteiger partial charge in [0.15, 0.2) is 0 Å². The monoisotopic (exact) mass is 388 g/mol. The Labute approximate surface area is 168 Å². The normalized spacial score (nSPS) is 10.2. The molecule has 0 spiro atoms. The van der Waals surface area contributed by atoms with Gasteiger partial charge in [-0.3, -0.25) is 19.4 Å². The van der Waals surface area contributed by atoms with E-state index < -0.39 is 11.7 Å². The molecule has 3 rings (SSSR count). The first-order valence-corrected chi connectivity index (χ1v) is 8.97. The van der Waals surface area contributed by atoms with Crippen LogP contribution in [0.15, 0.2) is 73.1 Å². The van der Waals surface area contributed by atoms with Gasteiger partial charge in [0, 0.05) is 30.9 Å². The van der Waals surface area contributed by atoms with Crippen LogP contribution in [0.4, 0.5) is 11.4 Å². The lowest BCUT2D eigenvalue weighted by Gasteiger charge is -2.08. The van der Waals surface area contributed by atoms with Gasteiger partial charge in [-0.15, -0.1) is 0 Å². The molecule has 0 fully saturated rings. The zero-order chi connectivity index (χ0) is 20.6. The summed E-state index contributed by atoms with van der Waals surface area (Å²) < 4.78 is 0. The van der Waals surface area contributed by atoms with Gasteiger partial charge in [-0.2, -0.15) is 0 Å². The van der Waals surface area contributed by atoms with Gasteiger partial charge >= 0.3 is 0 Å². The molecule has 146 valence electrons. The smallest absolute Gasteiger partial charge is 0.287 e. The van der Waals surface area contributed by atoms with E-state index in [0.29, 0.717) is 22.5 Å². The van der Waals surface area contributed by atoms with Crippen LogP contribution in [0.1, 0.15) is 21.5 Å². The summed E-state index contributed by atoms with van der Waals surface area (Å²) in [4.78, 5) is 40.4. The van der Waals surface area contributed by atoms with Crippen molar-refractivity contribution >= 4 is 29.0 Å². The van der Waals surface area contributed by atoms with Crippen LogP contribution < -0.4 is 16.4 Å². The molecule has 3 aromatic rings. The molecule has 0 unspecified atom stereocenters. The van der Waals surface area contributed by atoms with Crippen molar-refractivity contribution in [3.05, 3.63) is 89.7 Å². The maximum absolute atomic E-state index is 12.3. The molecule has 29 heavy (non-hydrogen) atoms. The first kappa shape index (κ1) is 19.8. The van der Waals surface area contributed by atoms with E-state index in [1.807, 2.05) is 6.07 Å². The molecule has 2 aromatic carbocycles. The summed E-state index contributed by atoms with van der Waals surface area (Å²) in [6.07, 6.45) is 3.21. The number of ketones is 1. The Morgan fingerprint density at radius 1 is 0.897 bits per heavy atom. The molecule has 0 atom stereocenters. The van der Waals surface area contributed by atoms with Crippen molar-refractivity contribution in [2.24, 2.45) is 0 Å². The minimum Gasteiger partial charge on any atom is -0.397 e. The molecule has 0 aliphatic rings. The molecule has 0 saturated carbocycles. The summed E-state index contributed by atoms with van der Waals surface area (Å²) in [7, 11) is 0. The average Bonchev–Trinajstić information content (AvgIpc) is 2.74. The Balaban J connectivity index is 1.54. The fourth-order valence-corrected chi connectivity index (χ4v) is 2.63. The van der Waals surface area contributed by atoms with Crippen molar-refractivity contribution in [1.82, 2.24) is 10.3 Å². The number of nitrogen functional groups attached to an aromatic ring is 1. The summed E-state index contributed by atoms with van der Waals surface area (Å²) >= 11 is 0. The highest BCUT2D eigenvalue weighted by Gasteiger charge is 2.15. The predicted octanol–water partition coefficient (Wildman–Crippen LogP) is 2.34. The van der Waals surface area contributed by atoms with Crippen molar-refractivity contribution in [3.8, 4) is 0 Å². The quantitative estimate of drug-likeness (QED) is 0.425. The molecule has 7 nitrogen and oxygen atoms in total. The van der Waals surface area contributed by atoms with Crippen LogP contribution in [0.3, 0.4) is 0 Å². The van der Waals surface area contributed by atoms with Gasteiger partial charge < -0.3 is 16.4 Å². The number of nitrogens with two attached hydrogens (primary N) is 1. The number of Topliss-reactive ketones (excluding diaryl/α,β-unsaturated/α-hetero) is 1. The van der Waals surface area contributed by atoms with E-state index in [9.17, 15) is 14.4 Å². The van der Waals surface area contributed by atoms with Crippen LogP contribution in [-0.2, 0) is 22.6 Å². The van der Waals surface area contributed by atoms with E-state index in [1.54, 1.807) is 67.0 Å². The van der Waals surface area contributed by atoms with Gasteiger partial charge in [0.05, 0.1) is 11.4 Å². The third-order valence-electron chi connectivity index (χ3n) is 4.22. The SMILES string of the molecule is Nc1ccccc1NC(=O)c1ccc(CC(=O)C(=O)NCc2cccnc2)cc1. The number of para-hydroxylation sites is 2. The van der Waals surface area contributed by atoms with Gasteiger partial charge in [-0.1, -0.05) is 30.3 Å². The number of nitrogens with one attached hydrogen (secondary N) is 2. The second-order valence-electron chi connectivity index (χ2n) is 6.38. The molecule has 0 radical (unpaired) electrons. The number of nitrogens with zero attached hydrogens (tertiary/aromatic N) is 1. The lowest BCUT2D eigenvalue weighted by Crippen LogP contribution is -2.31. The number of amides is 2. The van der Waals surface area contributed by atoms with Gasteiger partial charge in [0.2, 0.25) is 5.78 Å². The van der Waals surface area contributed by atoms with E-state index in [0.717, 1.165) is 5.56 Å². The molecule has 0 aliphatic carbocycles. The van der Waals surface area contributed by atoms with Crippen molar-refractivity contribution < 1.29 is 14.4 Å². The minimum atomic E-state index is -0.657. The lowest BCUT2D eigenvalue weighted by molar-refractivity contribution is -0.137. The highest BCUT2D eigenvalue weighted by molar-refractivity contribution is 6.36. The Kier molecular flexibility index (Phi) is 6.32. The zero-order valence-electron chi connectivity index (χ0n) is 15.6. The number of carbonyl (C=O) groups excluding carboxylic acids is 3. The van der Waals surface area contributed by atoms with Crippen LogP contribution in [-0.4, -0.2) is 22.6 Å². The Morgan fingerprint density at radius 3 is 2.34 bits per heavy atom. The van der Waals surface area contributed by atoms with Crippen molar-refractivity contribution in [2.45, 2.75) is 13.0 Å². The Morgan fingerprint density at radius 2 is 1.66 bits per heavy atom. The third-order valence-corrected chi connectivity index (χ3v) is 4.22. The summed E-state index contributed by atoms with van der Waals surface area (Å²) in [5.41, 5.74) is 8.70. The number of hydrogen-bond donors (Lipinski definition) is 3. The summed E-state index contributed by atoms with van der Waals surface area (Å²) in [5.74, 6) is -1.52. The maximum Gasteiger partial charge on any atom is 0.287 e. The number of rotatable bonds is 7. The fourth-order valence-electron chi connectivity index (χ4n) is 2.63. The van der Waals surface area contributed by atoms with Gasteiger partial charge in [-0.25, -0.2) is 0 Å². The van der Waals surface area contributed by atoms with Crippen LogP contribution in [0, 0.1) is 0 Å². The number of pyridine rings is 1. The highest BCUT2D eigenvalue weighted by Crippen LogP contribution is 2.18. The molecule has 0 bridgehead atoms. The molecule has 4 N–H and O–H groups in total. The topological polar surface area (TPSA) is 114 Å². The largest absolute Gasteiger partial charge is 0.397 e. The van der Waals surface area contributed by atoms with E-state index in [1.165, 1.54) is 0 Å². The average molecular weight is 388 g/mol. The lowest BCUT2D eigenvalue weighted by atomic mass is 10.1. The maximum atomic E-state index is 12.3. The number of benzene rings is 2. The first-order chi connectivity index (χ1) is 14.0. The third kappa shape index (κ3) is 5.49. The number of hydrogen-bond acceptors (Lipinski definition) is 5. The van der Waals surface area contributed by atoms with E-state index in [2.05, 4.69) is 15.6 Å². The van der Waals surface area contributed by atoms with Crippen molar-refractivity contribution in [2.75, 3.05) is 11.1 Å². The fraction of sp³-hybridized carbons (Fsp3) is 0.0909. The van der Waals surface area contributed by atoms with Crippen molar-refractivity contribution in [3.63, 3.8) is 0 Å². The number of anilines is 2. The predicted molar refractivity (Wildman–Crippen MR) is 110 cm³/mol. The molecule has 1 aromatic heterocycles. The molecular weight excluding hydrogens is 368 g/mol. The standard InChI is InChI=1S/C22H20N4O3/c23-18-5-1-2-6-19(18)26-21(28)17-9-7-15(8-10-17)12-20(27)22(29)25-14-16-4-3-11-24-13-16/h1-11,13H,12,14,23H2,(H,25,29)(H,26,28). The molecule has 1 heterocycles. The second-order valence-corrected chi connectivity index (χ2v) is 6.38. The number of aromatic nitrogens is 1. The van der Waals surface area contributed by atoms with E-state index in [-0.39, 0.29) is 18.9 Å². The summed E-state index contributed by atoms with van der Waals surface area (Å²) in [6, 6.07) is 17.0. The molecule has 0 saturated heterocycles. The molecule has 0 aliphatic heterocycles. The van der Waals surface area contributed by atoms with Gasteiger partial charge in [0.1, 0.15) is 0 Å². The Bertz CT molecular complexity index is 1020. The minimum absolute atomic E-state index is 0.0492. The van der Waals surface area contributed by atoms with Crippen LogP contribution in [0.2, 0.25) is 0 Å². The molecule has 2 amide bonds. The molecule has 7 heteroatoms. The van der Waals surface area contributed by atoms with E-state index >= 15 is 0 Å². The van der Waals surface area contributed by atoms with Crippen LogP contribution in [0.5, 0.6) is 0 Å². The van der Waals surface area contributed by atoms with E-state index in [4.69, 9.17) is 5.73 Å². The Hall–Kier alpha value is -4.00. The molecular formula is C22H20N4O3. The first-order valence-electron chi connectivity index (χ1n) is 8.97. The zero-order valence-corrected chi connectivity index (χ0v) is 15.6. The number of carbonyl (C=O) groups is 3. The highest BCUT2D eigenvalue weighted by atomic mass is 16.2. The van der Waals surface area contributed by atoms with Crippen molar-refractivity contribution in [1.29, 1.82) is 0 Å².